The second-order valence-electron chi connectivity index (χ2n) is 7.11. The van der Waals surface area contributed by atoms with Gasteiger partial charge >= 0.3 is 0 Å². The molecule has 4 rings (SSSR count). The summed E-state index contributed by atoms with van der Waals surface area (Å²) in [5.74, 6) is -0.461. The van der Waals surface area contributed by atoms with Crippen LogP contribution in [-0.2, 0) is 6.61 Å². The number of nitrogens with one attached hydrogen (secondary N) is 1. The molecule has 0 fully saturated rings. The molecule has 8 heteroatoms. The first-order chi connectivity index (χ1) is 16.0. The van der Waals surface area contributed by atoms with Crippen LogP contribution in [0.2, 0.25) is 0 Å². The largest absolute Gasteiger partial charge is 0.491 e. The fourth-order valence-electron chi connectivity index (χ4n) is 3.31. The van der Waals surface area contributed by atoms with E-state index in [2.05, 4.69) is 5.32 Å². The summed E-state index contributed by atoms with van der Waals surface area (Å²) in [5, 5.41) is 3.49. The minimum atomic E-state index is -0.595. The Hall–Kier alpha value is -4.33. The van der Waals surface area contributed by atoms with Crippen LogP contribution in [0, 0.1) is 5.82 Å². The molecule has 4 aromatic rings. The molecule has 33 heavy (non-hydrogen) atoms. The molecule has 0 spiro atoms. The average Bonchev–Trinajstić information content (AvgIpc) is 3.20. The lowest BCUT2D eigenvalue weighted by Gasteiger charge is -2.10. The van der Waals surface area contributed by atoms with Crippen LogP contribution in [0.5, 0.6) is 11.5 Å². The Morgan fingerprint density at radius 3 is 2.45 bits per heavy atom. The van der Waals surface area contributed by atoms with Gasteiger partial charge in [0, 0.05) is 10.9 Å². The fourth-order valence-corrected chi connectivity index (χ4v) is 3.31. The van der Waals surface area contributed by atoms with E-state index in [-0.39, 0.29) is 36.9 Å². The normalized spacial score (nSPS) is 10.7. The number of ether oxygens (including phenoxy) is 2. The van der Waals surface area contributed by atoms with Gasteiger partial charge in [-0.25, -0.2) is 4.39 Å². The van der Waals surface area contributed by atoms with Gasteiger partial charge in [0.25, 0.3) is 11.8 Å². The summed E-state index contributed by atoms with van der Waals surface area (Å²) in [7, 11) is 0. The zero-order valence-electron chi connectivity index (χ0n) is 17.5. The van der Waals surface area contributed by atoms with Crippen LogP contribution in [0.15, 0.2) is 77.2 Å². The highest BCUT2D eigenvalue weighted by Gasteiger charge is 2.21. The zero-order valence-corrected chi connectivity index (χ0v) is 17.5. The number of hydrogen-bond acceptors (Lipinski definition) is 5. The van der Waals surface area contributed by atoms with Crippen LogP contribution < -0.4 is 20.5 Å². The summed E-state index contributed by atoms with van der Waals surface area (Å²) >= 11 is 0. The van der Waals surface area contributed by atoms with Crippen molar-refractivity contribution >= 4 is 22.8 Å². The van der Waals surface area contributed by atoms with Gasteiger partial charge in [0.2, 0.25) is 0 Å². The van der Waals surface area contributed by atoms with Gasteiger partial charge in [0.1, 0.15) is 36.1 Å². The molecule has 1 heterocycles. The molecule has 0 atom stereocenters. The first kappa shape index (κ1) is 21.9. The molecule has 2 amide bonds. The summed E-state index contributed by atoms with van der Waals surface area (Å²) in [6.45, 7) is 0.354. The van der Waals surface area contributed by atoms with Crippen molar-refractivity contribution in [3.05, 3.63) is 95.5 Å². The third kappa shape index (κ3) is 5.12. The Balaban J connectivity index is 1.43. The van der Waals surface area contributed by atoms with E-state index >= 15 is 0 Å². The molecule has 0 aliphatic rings. The monoisotopic (exact) mass is 448 g/mol. The molecule has 3 aromatic carbocycles. The van der Waals surface area contributed by atoms with Gasteiger partial charge in [-0.3, -0.25) is 9.59 Å². The van der Waals surface area contributed by atoms with E-state index in [4.69, 9.17) is 19.6 Å². The number of furan rings is 1. The number of hydrogen-bond donors (Lipinski definition) is 2. The minimum absolute atomic E-state index is 0.0634. The molecule has 1 aromatic heterocycles. The summed E-state index contributed by atoms with van der Waals surface area (Å²) < 4.78 is 30.3. The molecule has 168 valence electrons. The predicted octanol–water partition coefficient (Wildman–Crippen LogP) is 4.06. The lowest BCUT2D eigenvalue weighted by atomic mass is 10.1. The number of amides is 2. The number of rotatable bonds is 9. The van der Waals surface area contributed by atoms with Crippen LogP contribution in [0.25, 0.3) is 11.0 Å². The van der Waals surface area contributed by atoms with E-state index in [1.165, 1.54) is 24.3 Å². The standard InChI is InChI=1S/C25H21FN2O5/c26-16-9-11-17(12-10-16)32-15-20-18-5-1-4-8-22(18)33-23(20)25(30)28-13-14-31-21-7-3-2-6-19(21)24(27)29/h1-12H,13-15H2,(H2,27,29)(H,28,30). The quantitative estimate of drug-likeness (QED) is 0.376. The van der Waals surface area contributed by atoms with Gasteiger partial charge in [0.05, 0.1) is 12.1 Å². The van der Waals surface area contributed by atoms with Gasteiger partial charge in [-0.1, -0.05) is 30.3 Å². The molecule has 0 unspecified atom stereocenters. The highest BCUT2D eigenvalue weighted by Crippen LogP contribution is 2.27. The Kier molecular flexibility index (Phi) is 6.54. The van der Waals surface area contributed by atoms with E-state index in [9.17, 15) is 14.0 Å². The third-order valence-corrected chi connectivity index (χ3v) is 4.90. The number of primary amides is 1. The number of halogens is 1. The molecular weight excluding hydrogens is 427 g/mol. The number of carbonyl (C=O) groups is 2. The lowest BCUT2D eigenvalue weighted by molar-refractivity contribution is 0.0915. The second-order valence-corrected chi connectivity index (χ2v) is 7.11. The Morgan fingerprint density at radius 2 is 1.67 bits per heavy atom. The van der Waals surface area contributed by atoms with Crippen molar-refractivity contribution in [3.8, 4) is 11.5 Å². The molecule has 7 nitrogen and oxygen atoms in total. The maximum absolute atomic E-state index is 13.1. The number of para-hydroxylation sites is 2. The first-order valence-electron chi connectivity index (χ1n) is 10.2. The summed E-state index contributed by atoms with van der Waals surface area (Å²) in [4.78, 5) is 24.3. The number of benzene rings is 3. The molecule has 0 aliphatic heterocycles. The van der Waals surface area contributed by atoms with Crippen molar-refractivity contribution in [2.45, 2.75) is 6.61 Å². The summed E-state index contributed by atoms with van der Waals surface area (Å²) in [5.41, 5.74) is 6.73. The summed E-state index contributed by atoms with van der Waals surface area (Å²) in [6.07, 6.45) is 0. The van der Waals surface area contributed by atoms with Gasteiger partial charge < -0.3 is 24.9 Å². The van der Waals surface area contributed by atoms with Gasteiger partial charge in [-0.05, 0) is 42.5 Å². The van der Waals surface area contributed by atoms with Crippen molar-refractivity contribution in [2.24, 2.45) is 5.73 Å². The average molecular weight is 448 g/mol. The van der Waals surface area contributed by atoms with Crippen LogP contribution in [0.3, 0.4) is 0 Å². The van der Waals surface area contributed by atoms with Crippen molar-refractivity contribution in [3.63, 3.8) is 0 Å². The van der Waals surface area contributed by atoms with Gasteiger partial charge in [-0.15, -0.1) is 0 Å². The van der Waals surface area contributed by atoms with E-state index in [1.54, 1.807) is 30.3 Å². The van der Waals surface area contributed by atoms with E-state index < -0.39 is 11.8 Å². The van der Waals surface area contributed by atoms with E-state index in [0.29, 0.717) is 22.6 Å². The van der Waals surface area contributed by atoms with Crippen molar-refractivity contribution in [1.82, 2.24) is 5.32 Å². The van der Waals surface area contributed by atoms with Crippen molar-refractivity contribution in [2.75, 3.05) is 13.2 Å². The third-order valence-electron chi connectivity index (χ3n) is 4.90. The maximum Gasteiger partial charge on any atom is 0.287 e. The number of carbonyl (C=O) groups excluding carboxylic acids is 2. The van der Waals surface area contributed by atoms with Crippen LogP contribution in [-0.4, -0.2) is 25.0 Å². The lowest BCUT2D eigenvalue weighted by Crippen LogP contribution is -2.29. The molecule has 3 N–H and O–H groups in total. The predicted molar refractivity (Wildman–Crippen MR) is 120 cm³/mol. The molecule has 0 radical (unpaired) electrons. The topological polar surface area (TPSA) is 104 Å². The zero-order chi connectivity index (χ0) is 23.2. The Labute approximate surface area is 188 Å². The molecular formula is C25H21FN2O5. The fraction of sp³-hybridized carbons (Fsp3) is 0.120. The van der Waals surface area contributed by atoms with Gasteiger partial charge in [0.15, 0.2) is 5.76 Å². The first-order valence-corrected chi connectivity index (χ1v) is 10.2. The molecule has 0 bridgehead atoms. The van der Waals surface area contributed by atoms with Crippen LogP contribution >= 0.6 is 0 Å². The maximum atomic E-state index is 13.1. The Bertz CT molecular complexity index is 1280. The summed E-state index contributed by atoms with van der Waals surface area (Å²) in [6, 6.07) is 19.5. The van der Waals surface area contributed by atoms with E-state index in [0.717, 1.165) is 5.39 Å². The number of nitrogens with two attached hydrogens (primary N) is 1. The smallest absolute Gasteiger partial charge is 0.287 e. The highest BCUT2D eigenvalue weighted by molar-refractivity contribution is 5.99. The van der Waals surface area contributed by atoms with Crippen LogP contribution in [0.4, 0.5) is 4.39 Å². The molecule has 0 saturated carbocycles. The Morgan fingerprint density at radius 1 is 0.939 bits per heavy atom. The minimum Gasteiger partial charge on any atom is -0.491 e. The molecule has 0 saturated heterocycles. The van der Waals surface area contributed by atoms with Crippen LogP contribution in [0.1, 0.15) is 26.5 Å². The SMILES string of the molecule is NC(=O)c1ccccc1OCCNC(=O)c1oc2ccccc2c1COc1ccc(F)cc1. The second kappa shape index (κ2) is 9.86. The van der Waals surface area contributed by atoms with Crippen molar-refractivity contribution < 1.29 is 27.9 Å². The van der Waals surface area contributed by atoms with E-state index in [1.807, 2.05) is 18.2 Å². The molecule has 0 aliphatic carbocycles. The number of fused-ring (bicyclic) bond motifs is 1. The van der Waals surface area contributed by atoms with Crippen molar-refractivity contribution in [1.29, 1.82) is 0 Å². The highest BCUT2D eigenvalue weighted by atomic mass is 19.1. The van der Waals surface area contributed by atoms with Gasteiger partial charge in [-0.2, -0.15) is 0 Å².